The molecule has 13 heavy (non-hydrogen) atoms. The van der Waals surface area contributed by atoms with Crippen LogP contribution in [0.3, 0.4) is 0 Å². The van der Waals surface area contributed by atoms with E-state index in [0.717, 1.165) is 25.8 Å². The van der Waals surface area contributed by atoms with Crippen molar-refractivity contribution in [1.29, 1.82) is 0 Å². The first-order valence-electron chi connectivity index (χ1n) is 5.20. The van der Waals surface area contributed by atoms with Gasteiger partial charge in [-0.1, -0.05) is 13.8 Å². The average molecular weight is 186 g/mol. The van der Waals surface area contributed by atoms with Gasteiger partial charge >= 0.3 is 0 Å². The van der Waals surface area contributed by atoms with Crippen molar-refractivity contribution in [2.45, 2.75) is 44.8 Å². The van der Waals surface area contributed by atoms with Crippen LogP contribution in [0, 0.1) is 5.92 Å². The summed E-state index contributed by atoms with van der Waals surface area (Å²) in [5.74, 6) is 0.638. The van der Waals surface area contributed by atoms with Crippen molar-refractivity contribution in [3.05, 3.63) is 0 Å². The third kappa shape index (κ3) is 3.63. The summed E-state index contributed by atoms with van der Waals surface area (Å²) in [6, 6.07) is 0.200. The first-order chi connectivity index (χ1) is 6.02. The second-order valence-electron chi connectivity index (χ2n) is 4.75. The number of hydrogen-bond acceptors (Lipinski definition) is 3. The summed E-state index contributed by atoms with van der Waals surface area (Å²) in [5, 5.41) is 13.3. The lowest BCUT2D eigenvalue weighted by molar-refractivity contribution is 0.0460. The van der Waals surface area contributed by atoms with Crippen LogP contribution < -0.4 is 11.1 Å². The minimum atomic E-state index is -0.533. The Kier molecular flexibility index (Phi) is 3.71. The number of hydrogen-bond donors (Lipinski definition) is 3. The summed E-state index contributed by atoms with van der Waals surface area (Å²) < 4.78 is 0. The van der Waals surface area contributed by atoms with Gasteiger partial charge in [0.05, 0.1) is 5.60 Å². The van der Waals surface area contributed by atoms with E-state index in [0.29, 0.717) is 12.5 Å². The van der Waals surface area contributed by atoms with E-state index in [-0.39, 0.29) is 6.04 Å². The molecule has 0 saturated heterocycles. The summed E-state index contributed by atoms with van der Waals surface area (Å²) in [7, 11) is 0. The third-order valence-electron chi connectivity index (χ3n) is 2.63. The van der Waals surface area contributed by atoms with E-state index < -0.39 is 5.60 Å². The highest BCUT2D eigenvalue weighted by atomic mass is 16.3. The Bertz CT molecular complexity index is 161. The maximum atomic E-state index is 10.0. The molecule has 0 heterocycles. The van der Waals surface area contributed by atoms with Crippen LogP contribution >= 0.6 is 0 Å². The lowest BCUT2D eigenvalue weighted by Crippen LogP contribution is -2.40. The molecule has 0 aromatic heterocycles. The molecule has 1 rings (SSSR count). The van der Waals surface area contributed by atoms with E-state index in [9.17, 15) is 5.11 Å². The molecule has 4 N–H and O–H groups in total. The Balaban J connectivity index is 2.20. The van der Waals surface area contributed by atoms with Crippen molar-refractivity contribution >= 4 is 0 Å². The normalized spacial score (nSPS) is 34.4. The van der Waals surface area contributed by atoms with Gasteiger partial charge in [-0.25, -0.2) is 0 Å². The quantitative estimate of drug-likeness (QED) is 0.598. The fourth-order valence-electron chi connectivity index (χ4n) is 1.90. The summed E-state index contributed by atoms with van der Waals surface area (Å²) in [5.41, 5.74) is 5.22. The highest BCUT2D eigenvalue weighted by molar-refractivity contribution is 4.92. The van der Waals surface area contributed by atoms with E-state index in [1.165, 1.54) is 0 Å². The largest absolute Gasteiger partial charge is 0.389 e. The Hall–Kier alpha value is -0.120. The van der Waals surface area contributed by atoms with Gasteiger partial charge < -0.3 is 16.2 Å². The van der Waals surface area contributed by atoms with Crippen molar-refractivity contribution in [3.8, 4) is 0 Å². The first kappa shape index (κ1) is 11.0. The van der Waals surface area contributed by atoms with Crippen molar-refractivity contribution < 1.29 is 5.11 Å². The second-order valence-corrected chi connectivity index (χ2v) is 4.75. The second kappa shape index (κ2) is 4.40. The molecule has 0 spiro atoms. The lowest BCUT2D eigenvalue weighted by atomic mass is 10.0. The summed E-state index contributed by atoms with van der Waals surface area (Å²) in [6.45, 7) is 5.99. The maximum absolute atomic E-state index is 10.0. The molecule has 0 aliphatic heterocycles. The van der Waals surface area contributed by atoms with Gasteiger partial charge in [-0.05, 0) is 31.7 Å². The summed E-state index contributed by atoms with van der Waals surface area (Å²) in [6.07, 6.45) is 2.55. The zero-order chi connectivity index (χ0) is 9.90. The highest BCUT2D eigenvalue weighted by Crippen LogP contribution is 2.27. The molecule has 3 nitrogen and oxygen atoms in total. The third-order valence-corrected chi connectivity index (χ3v) is 2.63. The molecule has 0 radical (unpaired) electrons. The molecule has 2 unspecified atom stereocenters. The van der Waals surface area contributed by atoms with Gasteiger partial charge in [0.1, 0.15) is 0 Å². The van der Waals surface area contributed by atoms with E-state index in [4.69, 9.17) is 5.73 Å². The predicted molar refractivity (Wildman–Crippen MR) is 54.5 cm³/mol. The number of nitrogens with one attached hydrogen (secondary N) is 1. The van der Waals surface area contributed by atoms with Crippen molar-refractivity contribution in [1.82, 2.24) is 5.32 Å². The van der Waals surface area contributed by atoms with Gasteiger partial charge in [-0.2, -0.15) is 0 Å². The molecule has 78 valence electrons. The van der Waals surface area contributed by atoms with Crippen LogP contribution in [0.5, 0.6) is 0 Å². The molecule has 0 amide bonds. The topological polar surface area (TPSA) is 58.3 Å². The maximum Gasteiger partial charge on any atom is 0.0786 e. The molecule has 3 heteroatoms. The SMILES string of the molecule is CC(C)CNCC1(O)CCC(N)C1. The Morgan fingerprint density at radius 3 is 2.77 bits per heavy atom. The van der Waals surface area contributed by atoms with Crippen LogP contribution in [0.25, 0.3) is 0 Å². The van der Waals surface area contributed by atoms with E-state index in [2.05, 4.69) is 19.2 Å². The fraction of sp³-hybridized carbons (Fsp3) is 1.00. The molecule has 0 aromatic carbocycles. The summed E-state index contributed by atoms with van der Waals surface area (Å²) >= 11 is 0. The van der Waals surface area contributed by atoms with Gasteiger partial charge in [-0.15, -0.1) is 0 Å². The van der Waals surface area contributed by atoms with Crippen molar-refractivity contribution in [2.24, 2.45) is 11.7 Å². The van der Waals surface area contributed by atoms with E-state index in [1.54, 1.807) is 0 Å². The van der Waals surface area contributed by atoms with Crippen molar-refractivity contribution in [2.75, 3.05) is 13.1 Å². The summed E-state index contributed by atoms with van der Waals surface area (Å²) in [4.78, 5) is 0. The highest BCUT2D eigenvalue weighted by Gasteiger charge is 2.34. The number of nitrogens with two attached hydrogens (primary N) is 1. The van der Waals surface area contributed by atoms with Gasteiger partial charge in [0, 0.05) is 12.6 Å². The molecule has 1 fully saturated rings. The molecule has 0 bridgehead atoms. The minimum Gasteiger partial charge on any atom is -0.389 e. The Morgan fingerprint density at radius 1 is 1.62 bits per heavy atom. The molecule has 2 atom stereocenters. The van der Waals surface area contributed by atoms with E-state index in [1.807, 2.05) is 0 Å². The van der Waals surface area contributed by atoms with E-state index >= 15 is 0 Å². The van der Waals surface area contributed by atoms with Gasteiger partial charge in [0.15, 0.2) is 0 Å². The fourth-order valence-corrected chi connectivity index (χ4v) is 1.90. The zero-order valence-corrected chi connectivity index (χ0v) is 8.71. The first-order valence-corrected chi connectivity index (χ1v) is 5.20. The molecule has 1 aliphatic rings. The van der Waals surface area contributed by atoms with Crippen LogP contribution in [-0.2, 0) is 0 Å². The molecule has 1 saturated carbocycles. The van der Waals surface area contributed by atoms with Crippen LogP contribution in [0.2, 0.25) is 0 Å². The lowest BCUT2D eigenvalue weighted by Gasteiger charge is -2.23. The smallest absolute Gasteiger partial charge is 0.0786 e. The van der Waals surface area contributed by atoms with Gasteiger partial charge in [-0.3, -0.25) is 0 Å². The average Bonchev–Trinajstić information content (AvgIpc) is 2.30. The van der Waals surface area contributed by atoms with Gasteiger partial charge in [0.2, 0.25) is 0 Å². The van der Waals surface area contributed by atoms with Crippen LogP contribution in [0.4, 0.5) is 0 Å². The van der Waals surface area contributed by atoms with Gasteiger partial charge in [0.25, 0.3) is 0 Å². The van der Waals surface area contributed by atoms with Crippen LogP contribution in [0.15, 0.2) is 0 Å². The van der Waals surface area contributed by atoms with Crippen LogP contribution in [0.1, 0.15) is 33.1 Å². The van der Waals surface area contributed by atoms with Crippen molar-refractivity contribution in [3.63, 3.8) is 0 Å². The molecule has 0 aromatic rings. The Morgan fingerprint density at radius 2 is 2.31 bits per heavy atom. The molecule has 1 aliphatic carbocycles. The minimum absolute atomic E-state index is 0.200. The number of rotatable bonds is 4. The van der Waals surface area contributed by atoms with Crippen LogP contribution in [-0.4, -0.2) is 29.8 Å². The molecular formula is C10H22N2O. The number of aliphatic hydroxyl groups is 1. The Labute approximate surface area is 80.7 Å². The standard InChI is InChI=1S/C10H22N2O/c1-8(2)6-12-7-10(13)4-3-9(11)5-10/h8-9,12-13H,3-7,11H2,1-2H3. The zero-order valence-electron chi connectivity index (χ0n) is 8.71. The predicted octanol–water partition coefficient (Wildman–Crippen LogP) is 0.474. The monoisotopic (exact) mass is 186 g/mol. The molecular weight excluding hydrogens is 164 g/mol.